The summed E-state index contributed by atoms with van der Waals surface area (Å²) >= 11 is 1.90. The van der Waals surface area contributed by atoms with Gasteiger partial charge >= 0.3 is 0 Å². The maximum atomic E-state index is 12.7. The number of ketones is 1. The molecule has 0 aliphatic rings. The molecule has 1 atom stereocenters. The Hall–Kier alpha value is -0.830. The summed E-state index contributed by atoms with van der Waals surface area (Å²) in [5.41, 5.74) is 0.613. The number of hydrogen-bond acceptors (Lipinski definition) is 2. The molecule has 1 aromatic carbocycles. The minimum Gasteiger partial charge on any atom is -0.294 e. The second-order valence-corrected chi connectivity index (χ2v) is 5.51. The van der Waals surface area contributed by atoms with Crippen LogP contribution in [0.1, 0.15) is 37.0 Å². The van der Waals surface area contributed by atoms with Gasteiger partial charge in [-0.1, -0.05) is 13.8 Å². The third-order valence-corrected chi connectivity index (χ3v) is 3.69. The highest BCUT2D eigenvalue weighted by Crippen LogP contribution is 2.16. The van der Waals surface area contributed by atoms with E-state index >= 15 is 0 Å². The van der Waals surface area contributed by atoms with E-state index in [9.17, 15) is 9.18 Å². The van der Waals surface area contributed by atoms with E-state index in [0.29, 0.717) is 5.56 Å². The molecule has 17 heavy (non-hydrogen) atoms. The minimum atomic E-state index is -0.298. The lowest BCUT2D eigenvalue weighted by molar-refractivity contribution is 0.0924. The van der Waals surface area contributed by atoms with Crippen molar-refractivity contribution in [1.29, 1.82) is 0 Å². The van der Waals surface area contributed by atoms with Crippen LogP contribution >= 0.6 is 11.8 Å². The lowest BCUT2D eigenvalue weighted by Crippen LogP contribution is -2.11. The van der Waals surface area contributed by atoms with Crippen LogP contribution in [0.2, 0.25) is 0 Å². The number of thioether (sulfide) groups is 1. The van der Waals surface area contributed by atoms with Crippen molar-refractivity contribution in [3.05, 3.63) is 35.6 Å². The maximum Gasteiger partial charge on any atom is 0.165 e. The highest BCUT2D eigenvalue weighted by atomic mass is 32.2. The lowest BCUT2D eigenvalue weighted by atomic mass is 9.95. The number of benzene rings is 1. The quantitative estimate of drug-likeness (QED) is 0.536. The van der Waals surface area contributed by atoms with Crippen LogP contribution in [0, 0.1) is 11.7 Å². The largest absolute Gasteiger partial charge is 0.294 e. The van der Waals surface area contributed by atoms with E-state index in [1.165, 1.54) is 12.1 Å². The molecule has 0 radical (unpaired) electrons. The third-order valence-electron chi connectivity index (χ3n) is 2.71. The van der Waals surface area contributed by atoms with Crippen molar-refractivity contribution >= 4 is 17.5 Å². The number of Topliss-reactive ketones (excluding diaryl/α,β-unsaturated/α-hetero) is 1. The third kappa shape index (κ3) is 4.90. The van der Waals surface area contributed by atoms with Crippen molar-refractivity contribution in [1.82, 2.24) is 0 Å². The van der Waals surface area contributed by atoms with E-state index in [2.05, 4.69) is 6.92 Å². The molecule has 0 fully saturated rings. The first-order valence-electron chi connectivity index (χ1n) is 6.02. The zero-order valence-electron chi connectivity index (χ0n) is 10.4. The summed E-state index contributed by atoms with van der Waals surface area (Å²) in [5, 5.41) is 0. The smallest absolute Gasteiger partial charge is 0.165 e. The molecule has 3 heteroatoms. The Morgan fingerprint density at radius 1 is 1.35 bits per heavy atom. The van der Waals surface area contributed by atoms with Gasteiger partial charge in [0, 0.05) is 11.5 Å². The summed E-state index contributed by atoms with van der Waals surface area (Å²) in [6, 6.07) is 5.81. The van der Waals surface area contributed by atoms with Crippen LogP contribution in [-0.4, -0.2) is 17.3 Å². The van der Waals surface area contributed by atoms with E-state index in [0.717, 1.165) is 24.3 Å². The topological polar surface area (TPSA) is 17.1 Å². The molecule has 0 N–H and O–H groups in total. The predicted molar refractivity (Wildman–Crippen MR) is 72.1 cm³/mol. The second-order valence-electron chi connectivity index (χ2n) is 4.11. The van der Waals surface area contributed by atoms with Gasteiger partial charge in [0.15, 0.2) is 5.78 Å². The molecule has 94 valence electrons. The molecular weight excluding hydrogens is 235 g/mol. The number of carbonyl (C=O) groups is 1. The first kappa shape index (κ1) is 14.2. The minimum absolute atomic E-state index is 0.0258. The van der Waals surface area contributed by atoms with Crippen molar-refractivity contribution in [3.8, 4) is 0 Å². The predicted octanol–water partition coefficient (Wildman–Crippen LogP) is 4.18. The van der Waals surface area contributed by atoms with Crippen molar-refractivity contribution < 1.29 is 9.18 Å². The number of carbonyl (C=O) groups excluding carboxylic acids is 1. The Balaban J connectivity index is 2.43. The van der Waals surface area contributed by atoms with Gasteiger partial charge in [0.05, 0.1) is 0 Å². The standard InChI is InChI=1S/C14H19FOS/c1-3-17-10-4-5-11(2)14(16)12-6-8-13(15)9-7-12/h6-9,11H,3-5,10H2,1-2H3. The molecule has 1 unspecified atom stereocenters. The monoisotopic (exact) mass is 254 g/mol. The van der Waals surface area contributed by atoms with Crippen molar-refractivity contribution in [3.63, 3.8) is 0 Å². The number of halogens is 1. The fourth-order valence-electron chi connectivity index (χ4n) is 1.67. The van der Waals surface area contributed by atoms with Gasteiger partial charge < -0.3 is 0 Å². The van der Waals surface area contributed by atoms with Gasteiger partial charge in [-0.15, -0.1) is 0 Å². The Labute approximate surface area is 107 Å². The molecule has 0 amide bonds. The molecule has 1 rings (SSSR count). The highest BCUT2D eigenvalue weighted by Gasteiger charge is 2.14. The zero-order chi connectivity index (χ0) is 12.7. The molecule has 0 aliphatic heterocycles. The normalized spacial score (nSPS) is 12.4. The first-order valence-corrected chi connectivity index (χ1v) is 7.18. The summed E-state index contributed by atoms with van der Waals surface area (Å²) in [6.45, 7) is 4.08. The molecule has 0 aromatic heterocycles. The summed E-state index contributed by atoms with van der Waals surface area (Å²) in [5.74, 6) is 2.08. The van der Waals surface area contributed by atoms with Crippen molar-refractivity contribution in [2.24, 2.45) is 5.92 Å². The van der Waals surface area contributed by atoms with Gasteiger partial charge in [0.1, 0.15) is 5.82 Å². The van der Waals surface area contributed by atoms with Crippen molar-refractivity contribution in [2.45, 2.75) is 26.7 Å². The van der Waals surface area contributed by atoms with Gasteiger partial charge in [-0.3, -0.25) is 4.79 Å². The molecule has 0 aliphatic carbocycles. The Bertz CT molecular complexity index is 348. The van der Waals surface area contributed by atoms with Crippen LogP contribution in [-0.2, 0) is 0 Å². The molecule has 1 aromatic rings. The molecule has 0 heterocycles. The molecular formula is C14H19FOS. The number of hydrogen-bond donors (Lipinski definition) is 0. The molecule has 0 spiro atoms. The average molecular weight is 254 g/mol. The Morgan fingerprint density at radius 2 is 2.00 bits per heavy atom. The summed E-state index contributed by atoms with van der Waals surface area (Å²) in [4.78, 5) is 12.0. The van der Waals surface area contributed by atoms with Crippen LogP contribution < -0.4 is 0 Å². The molecule has 0 saturated carbocycles. The second kappa shape index (κ2) is 7.49. The summed E-state index contributed by atoms with van der Waals surface area (Å²) < 4.78 is 12.7. The maximum absolute atomic E-state index is 12.7. The van der Waals surface area contributed by atoms with Crippen LogP contribution in [0.5, 0.6) is 0 Å². The van der Waals surface area contributed by atoms with Gasteiger partial charge in [0.2, 0.25) is 0 Å². The molecule has 1 nitrogen and oxygen atoms in total. The summed E-state index contributed by atoms with van der Waals surface area (Å²) in [6.07, 6.45) is 1.97. The fraction of sp³-hybridized carbons (Fsp3) is 0.500. The highest BCUT2D eigenvalue weighted by molar-refractivity contribution is 7.99. The van der Waals surface area contributed by atoms with Gasteiger partial charge in [-0.25, -0.2) is 4.39 Å². The Morgan fingerprint density at radius 3 is 2.59 bits per heavy atom. The van der Waals surface area contributed by atoms with Crippen LogP contribution in [0.3, 0.4) is 0 Å². The first-order chi connectivity index (χ1) is 8.15. The zero-order valence-corrected chi connectivity index (χ0v) is 11.2. The van der Waals surface area contributed by atoms with Crippen LogP contribution in [0.4, 0.5) is 4.39 Å². The van der Waals surface area contributed by atoms with Gasteiger partial charge in [-0.2, -0.15) is 11.8 Å². The average Bonchev–Trinajstić information content (AvgIpc) is 2.34. The van der Waals surface area contributed by atoms with E-state index in [-0.39, 0.29) is 17.5 Å². The SMILES string of the molecule is CCSCCCC(C)C(=O)c1ccc(F)cc1. The van der Waals surface area contributed by atoms with E-state index in [1.807, 2.05) is 18.7 Å². The van der Waals surface area contributed by atoms with Crippen molar-refractivity contribution in [2.75, 3.05) is 11.5 Å². The fourth-order valence-corrected chi connectivity index (χ4v) is 2.33. The van der Waals surface area contributed by atoms with E-state index < -0.39 is 0 Å². The van der Waals surface area contributed by atoms with E-state index in [4.69, 9.17) is 0 Å². The Kier molecular flexibility index (Phi) is 6.27. The molecule has 0 bridgehead atoms. The molecule has 0 saturated heterocycles. The van der Waals surface area contributed by atoms with E-state index in [1.54, 1.807) is 12.1 Å². The van der Waals surface area contributed by atoms with Crippen LogP contribution in [0.25, 0.3) is 0 Å². The number of rotatable bonds is 7. The van der Waals surface area contributed by atoms with Gasteiger partial charge in [0.25, 0.3) is 0 Å². The van der Waals surface area contributed by atoms with Gasteiger partial charge in [-0.05, 0) is 48.6 Å². The van der Waals surface area contributed by atoms with Crippen LogP contribution in [0.15, 0.2) is 24.3 Å². The summed E-state index contributed by atoms with van der Waals surface area (Å²) in [7, 11) is 0. The lowest BCUT2D eigenvalue weighted by Gasteiger charge is -2.10.